The molecule has 0 saturated carbocycles. The van der Waals surface area contributed by atoms with Gasteiger partial charge in [0, 0.05) is 9.35 Å². The van der Waals surface area contributed by atoms with Crippen molar-refractivity contribution in [3.8, 4) is 0 Å². The van der Waals surface area contributed by atoms with Gasteiger partial charge in [-0.1, -0.05) is 0 Å². The quantitative estimate of drug-likeness (QED) is 0.653. The second-order valence-corrected chi connectivity index (χ2v) is 6.16. The Kier molecular flexibility index (Phi) is 3.49. The van der Waals surface area contributed by atoms with Gasteiger partial charge < -0.3 is 0 Å². The number of H-pyrrole nitrogens is 1. The maximum atomic E-state index is 4.95. The van der Waals surface area contributed by atoms with Gasteiger partial charge in [0.2, 0.25) is 4.77 Å². The predicted octanol–water partition coefficient (Wildman–Crippen LogP) is 3.41. The van der Waals surface area contributed by atoms with Crippen LogP contribution in [0.1, 0.15) is 4.88 Å². The SMILES string of the molecule is S=c1[nH]ncn1/N=C/c1cc(Br)c(Br)s1. The maximum absolute atomic E-state index is 4.95. The molecule has 2 aromatic heterocycles. The van der Waals surface area contributed by atoms with Crippen molar-refractivity contribution < 1.29 is 0 Å². The Labute approximate surface area is 111 Å². The molecule has 2 rings (SSSR count). The number of hydrogen-bond donors (Lipinski definition) is 1. The third-order valence-electron chi connectivity index (χ3n) is 1.51. The van der Waals surface area contributed by atoms with Crippen LogP contribution in [0.5, 0.6) is 0 Å². The fourth-order valence-electron chi connectivity index (χ4n) is 0.871. The maximum Gasteiger partial charge on any atom is 0.216 e. The lowest BCUT2D eigenvalue weighted by Crippen LogP contribution is -1.86. The molecule has 0 atom stereocenters. The predicted molar refractivity (Wildman–Crippen MR) is 70.1 cm³/mol. The highest BCUT2D eigenvalue weighted by atomic mass is 79.9. The molecule has 0 aliphatic carbocycles. The van der Waals surface area contributed by atoms with Crippen molar-refractivity contribution in [3.05, 3.63) is 30.3 Å². The summed E-state index contributed by atoms with van der Waals surface area (Å²) in [6, 6.07) is 1.97. The Bertz CT molecular complexity index is 534. The van der Waals surface area contributed by atoms with E-state index in [0.717, 1.165) is 13.1 Å². The van der Waals surface area contributed by atoms with Crippen molar-refractivity contribution in [2.24, 2.45) is 5.10 Å². The molecule has 2 heterocycles. The van der Waals surface area contributed by atoms with Gasteiger partial charge in [0.05, 0.1) is 10.0 Å². The fraction of sp³-hybridized carbons (Fsp3) is 0. The van der Waals surface area contributed by atoms with E-state index in [1.54, 1.807) is 17.6 Å². The van der Waals surface area contributed by atoms with Gasteiger partial charge in [-0.3, -0.25) is 5.10 Å². The number of rotatable bonds is 2. The van der Waals surface area contributed by atoms with Gasteiger partial charge in [-0.25, -0.2) is 0 Å². The number of halogens is 2. The second kappa shape index (κ2) is 4.69. The molecule has 0 radical (unpaired) electrons. The summed E-state index contributed by atoms with van der Waals surface area (Å²) in [6.45, 7) is 0. The number of nitrogens with one attached hydrogen (secondary N) is 1. The van der Waals surface area contributed by atoms with Crippen LogP contribution in [0.25, 0.3) is 0 Å². The number of aromatic amines is 1. The van der Waals surface area contributed by atoms with Crippen molar-refractivity contribution in [2.45, 2.75) is 0 Å². The molecular weight excluding hydrogens is 364 g/mol. The first-order chi connectivity index (χ1) is 7.16. The van der Waals surface area contributed by atoms with Gasteiger partial charge in [-0.05, 0) is 50.1 Å². The molecule has 0 bridgehead atoms. The lowest BCUT2D eigenvalue weighted by atomic mass is 10.5. The molecule has 0 aliphatic heterocycles. The standard InChI is InChI=1S/C7H4Br2N4S2/c8-5-1-4(15-6(5)9)2-11-13-3-10-12-7(13)14/h1-3H,(H,12,14)/b11-2+. The minimum atomic E-state index is 0.473. The molecular formula is C7H4Br2N4S2. The van der Waals surface area contributed by atoms with Gasteiger partial charge in [0.1, 0.15) is 6.33 Å². The van der Waals surface area contributed by atoms with Crippen LogP contribution in [-0.4, -0.2) is 21.1 Å². The molecule has 8 heteroatoms. The summed E-state index contributed by atoms with van der Waals surface area (Å²) >= 11 is 13.4. The van der Waals surface area contributed by atoms with E-state index in [4.69, 9.17) is 12.2 Å². The summed E-state index contributed by atoms with van der Waals surface area (Å²) in [5.74, 6) is 0. The zero-order valence-electron chi connectivity index (χ0n) is 7.15. The minimum absolute atomic E-state index is 0.473. The Balaban J connectivity index is 2.26. The van der Waals surface area contributed by atoms with Gasteiger partial charge in [-0.15, -0.1) is 11.3 Å². The highest BCUT2D eigenvalue weighted by molar-refractivity contribution is 9.13. The average Bonchev–Trinajstić information content (AvgIpc) is 2.72. The van der Waals surface area contributed by atoms with E-state index in [1.165, 1.54) is 11.0 Å². The molecule has 1 N–H and O–H groups in total. The van der Waals surface area contributed by atoms with Crippen molar-refractivity contribution in [1.29, 1.82) is 0 Å². The van der Waals surface area contributed by atoms with Crippen LogP contribution >= 0.6 is 55.4 Å². The molecule has 4 nitrogen and oxygen atoms in total. The van der Waals surface area contributed by atoms with E-state index in [2.05, 4.69) is 47.2 Å². The molecule has 0 amide bonds. The van der Waals surface area contributed by atoms with E-state index in [1.807, 2.05) is 6.07 Å². The third-order valence-corrected chi connectivity index (χ3v) is 4.98. The molecule has 0 fully saturated rings. The summed E-state index contributed by atoms with van der Waals surface area (Å²) in [7, 11) is 0. The average molecular weight is 368 g/mol. The number of nitrogens with zero attached hydrogens (tertiary/aromatic N) is 3. The summed E-state index contributed by atoms with van der Waals surface area (Å²) < 4.78 is 4.03. The zero-order valence-corrected chi connectivity index (χ0v) is 12.0. The van der Waals surface area contributed by atoms with Gasteiger partial charge in [0.15, 0.2) is 0 Å². The Morgan fingerprint density at radius 3 is 2.93 bits per heavy atom. The highest BCUT2D eigenvalue weighted by Crippen LogP contribution is 2.31. The highest BCUT2D eigenvalue weighted by Gasteiger charge is 2.01. The van der Waals surface area contributed by atoms with Crippen molar-refractivity contribution in [2.75, 3.05) is 0 Å². The lowest BCUT2D eigenvalue weighted by molar-refractivity contribution is 0.863. The molecule has 0 aliphatic rings. The molecule has 15 heavy (non-hydrogen) atoms. The van der Waals surface area contributed by atoms with E-state index in [0.29, 0.717) is 4.77 Å². The smallest absolute Gasteiger partial charge is 0.216 e. The van der Waals surface area contributed by atoms with E-state index < -0.39 is 0 Å². The van der Waals surface area contributed by atoms with Crippen LogP contribution in [0.2, 0.25) is 0 Å². The number of thiophene rings is 1. The number of hydrogen-bond acceptors (Lipinski definition) is 4. The fourth-order valence-corrected chi connectivity index (χ4v) is 2.97. The Hall–Kier alpha value is -0.310. The largest absolute Gasteiger partial charge is 0.250 e. The summed E-state index contributed by atoms with van der Waals surface area (Å²) in [5, 5.41) is 10.5. The first-order valence-electron chi connectivity index (χ1n) is 3.78. The summed E-state index contributed by atoms with van der Waals surface area (Å²) in [5.41, 5.74) is 0. The van der Waals surface area contributed by atoms with E-state index in [9.17, 15) is 0 Å². The zero-order chi connectivity index (χ0) is 10.8. The van der Waals surface area contributed by atoms with Crippen LogP contribution in [0.4, 0.5) is 0 Å². The molecule has 2 aromatic rings. The molecule has 0 unspecified atom stereocenters. The van der Waals surface area contributed by atoms with Gasteiger partial charge in [0.25, 0.3) is 0 Å². The lowest BCUT2D eigenvalue weighted by Gasteiger charge is -1.87. The normalized spacial score (nSPS) is 11.3. The molecule has 0 aromatic carbocycles. The van der Waals surface area contributed by atoms with Crippen LogP contribution in [0, 0.1) is 4.77 Å². The van der Waals surface area contributed by atoms with Gasteiger partial charge >= 0.3 is 0 Å². The topological polar surface area (TPSA) is 46.0 Å². The van der Waals surface area contributed by atoms with Crippen molar-refractivity contribution >= 4 is 61.6 Å². The molecule has 0 spiro atoms. The van der Waals surface area contributed by atoms with E-state index >= 15 is 0 Å². The molecule has 0 saturated heterocycles. The van der Waals surface area contributed by atoms with Crippen molar-refractivity contribution in [1.82, 2.24) is 14.9 Å². The van der Waals surface area contributed by atoms with Crippen LogP contribution in [0.15, 0.2) is 25.8 Å². The first kappa shape index (κ1) is 11.2. The summed E-state index contributed by atoms with van der Waals surface area (Å²) in [4.78, 5) is 1.02. The Morgan fingerprint density at radius 1 is 1.60 bits per heavy atom. The third kappa shape index (κ3) is 2.63. The van der Waals surface area contributed by atoms with Crippen LogP contribution < -0.4 is 0 Å². The van der Waals surface area contributed by atoms with Gasteiger partial charge in [-0.2, -0.15) is 14.9 Å². The molecule has 78 valence electrons. The monoisotopic (exact) mass is 366 g/mol. The second-order valence-electron chi connectivity index (χ2n) is 2.52. The van der Waals surface area contributed by atoms with Crippen molar-refractivity contribution in [3.63, 3.8) is 0 Å². The summed E-state index contributed by atoms with van der Waals surface area (Å²) in [6.07, 6.45) is 3.25. The first-order valence-corrected chi connectivity index (χ1v) is 6.59. The van der Waals surface area contributed by atoms with Crippen LogP contribution in [0.3, 0.4) is 0 Å². The Morgan fingerprint density at radius 2 is 2.40 bits per heavy atom. The number of aromatic nitrogens is 3. The van der Waals surface area contributed by atoms with E-state index in [-0.39, 0.29) is 0 Å². The van der Waals surface area contributed by atoms with Crippen LogP contribution in [-0.2, 0) is 0 Å². The minimum Gasteiger partial charge on any atom is -0.250 e.